The minimum absolute atomic E-state index is 0.281. The first-order valence-electron chi connectivity index (χ1n) is 11.3. The van der Waals surface area contributed by atoms with Crippen LogP contribution in [0.5, 0.6) is 23.0 Å². The first kappa shape index (κ1) is 21.5. The molecule has 0 aliphatic rings. The Kier molecular flexibility index (Phi) is 5.88. The number of carbonyl (C=O) groups excluding carboxylic acids is 1. The lowest BCUT2D eigenvalue weighted by atomic mass is 10.1. The van der Waals surface area contributed by atoms with Gasteiger partial charge in [-0.1, -0.05) is 60.7 Å². The summed E-state index contributed by atoms with van der Waals surface area (Å²) in [5.41, 5.74) is 1.10. The highest BCUT2D eigenvalue weighted by Crippen LogP contribution is 2.36. The van der Waals surface area contributed by atoms with Gasteiger partial charge in [-0.05, 0) is 71.3 Å². The van der Waals surface area contributed by atoms with E-state index in [0.29, 0.717) is 34.1 Å². The highest BCUT2D eigenvalue weighted by Gasteiger charge is 2.20. The van der Waals surface area contributed by atoms with Crippen molar-refractivity contribution >= 4 is 27.5 Å². The summed E-state index contributed by atoms with van der Waals surface area (Å²) in [4.78, 5) is 12.8. The van der Waals surface area contributed by atoms with Crippen molar-refractivity contribution < 1.29 is 19.0 Å². The van der Waals surface area contributed by atoms with E-state index in [1.54, 1.807) is 13.0 Å². The van der Waals surface area contributed by atoms with E-state index in [-0.39, 0.29) is 6.61 Å². The molecule has 4 nitrogen and oxygen atoms in total. The van der Waals surface area contributed by atoms with E-state index in [2.05, 4.69) is 6.07 Å². The topological polar surface area (TPSA) is 44.8 Å². The maximum absolute atomic E-state index is 12.8. The monoisotopic (exact) mass is 448 g/mol. The molecule has 0 saturated heterocycles. The fourth-order valence-electron chi connectivity index (χ4n) is 4.05. The quantitative estimate of drug-likeness (QED) is 0.246. The van der Waals surface area contributed by atoms with Crippen LogP contribution in [-0.4, -0.2) is 12.6 Å². The maximum Gasteiger partial charge on any atom is 0.342 e. The van der Waals surface area contributed by atoms with Gasteiger partial charge in [0.25, 0.3) is 0 Å². The summed E-state index contributed by atoms with van der Waals surface area (Å²) < 4.78 is 17.7. The van der Waals surface area contributed by atoms with Crippen molar-refractivity contribution in [1.29, 1.82) is 0 Å². The van der Waals surface area contributed by atoms with Gasteiger partial charge < -0.3 is 14.2 Å². The van der Waals surface area contributed by atoms with Crippen LogP contribution in [0.25, 0.3) is 21.5 Å². The second kappa shape index (κ2) is 9.28. The van der Waals surface area contributed by atoms with E-state index in [0.717, 1.165) is 21.5 Å². The molecule has 0 atom stereocenters. The molecule has 0 N–H and O–H groups in total. The first-order valence-corrected chi connectivity index (χ1v) is 11.3. The van der Waals surface area contributed by atoms with Gasteiger partial charge in [0.2, 0.25) is 0 Å². The van der Waals surface area contributed by atoms with E-state index >= 15 is 0 Å². The largest absolute Gasteiger partial charge is 0.462 e. The lowest BCUT2D eigenvalue weighted by molar-refractivity contribution is 0.0522. The molecule has 168 valence electrons. The third-order valence-corrected chi connectivity index (χ3v) is 5.66. The third-order valence-electron chi connectivity index (χ3n) is 5.66. The van der Waals surface area contributed by atoms with Crippen molar-refractivity contribution in [3.05, 3.63) is 108 Å². The van der Waals surface area contributed by atoms with E-state index in [1.807, 2.05) is 91.9 Å². The molecule has 34 heavy (non-hydrogen) atoms. The molecule has 0 amide bonds. The Morgan fingerprint density at radius 1 is 0.647 bits per heavy atom. The SMILES string of the molecule is CCOC(=O)c1c(C)cc(Oc2ccc3ccccc3c2)cc1Oc1ccc2ccccc2c1. The summed E-state index contributed by atoms with van der Waals surface area (Å²) in [7, 11) is 0. The molecule has 0 saturated carbocycles. The van der Waals surface area contributed by atoms with Crippen molar-refractivity contribution in [2.75, 3.05) is 6.61 Å². The van der Waals surface area contributed by atoms with E-state index in [1.165, 1.54) is 0 Å². The Balaban J connectivity index is 1.53. The average Bonchev–Trinajstić information content (AvgIpc) is 2.84. The zero-order valence-electron chi connectivity index (χ0n) is 19.1. The second-order valence-corrected chi connectivity index (χ2v) is 8.06. The molecule has 5 aromatic carbocycles. The van der Waals surface area contributed by atoms with E-state index in [4.69, 9.17) is 14.2 Å². The van der Waals surface area contributed by atoms with Crippen LogP contribution in [0.15, 0.2) is 97.1 Å². The predicted octanol–water partition coefficient (Wildman–Crippen LogP) is 8.06. The highest BCUT2D eigenvalue weighted by molar-refractivity contribution is 5.95. The van der Waals surface area contributed by atoms with Gasteiger partial charge in [-0.2, -0.15) is 0 Å². The summed E-state index contributed by atoms with van der Waals surface area (Å²) in [5, 5.41) is 4.40. The number of benzene rings is 5. The summed E-state index contributed by atoms with van der Waals surface area (Å²) in [6.07, 6.45) is 0. The van der Waals surface area contributed by atoms with Crippen LogP contribution < -0.4 is 9.47 Å². The Labute approximate surface area is 198 Å². The number of fused-ring (bicyclic) bond motifs is 2. The number of hydrogen-bond acceptors (Lipinski definition) is 4. The smallest absolute Gasteiger partial charge is 0.342 e. The zero-order valence-corrected chi connectivity index (χ0v) is 19.1. The molecule has 0 unspecified atom stereocenters. The van der Waals surface area contributed by atoms with Crippen LogP contribution in [-0.2, 0) is 4.74 Å². The number of ether oxygens (including phenoxy) is 3. The fourth-order valence-corrected chi connectivity index (χ4v) is 4.05. The first-order chi connectivity index (χ1) is 16.6. The normalized spacial score (nSPS) is 10.9. The Hall–Kier alpha value is -4.31. The van der Waals surface area contributed by atoms with Crippen LogP contribution in [0, 0.1) is 6.92 Å². The average molecular weight is 449 g/mol. The van der Waals surface area contributed by atoms with Crippen molar-refractivity contribution in [3.63, 3.8) is 0 Å². The molecule has 0 spiro atoms. The molecule has 0 aliphatic carbocycles. The van der Waals surface area contributed by atoms with Gasteiger partial charge in [-0.25, -0.2) is 4.79 Å². The third kappa shape index (κ3) is 4.44. The highest BCUT2D eigenvalue weighted by atomic mass is 16.5. The van der Waals surface area contributed by atoms with Gasteiger partial charge in [0.1, 0.15) is 28.6 Å². The van der Waals surface area contributed by atoms with Gasteiger partial charge in [0.05, 0.1) is 6.61 Å². The second-order valence-electron chi connectivity index (χ2n) is 8.06. The molecule has 0 heterocycles. The van der Waals surface area contributed by atoms with Gasteiger partial charge >= 0.3 is 5.97 Å². The number of carbonyl (C=O) groups is 1. The van der Waals surface area contributed by atoms with Crippen molar-refractivity contribution in [1.82, 2.24) is 0 Å². The molecule has 5 aromatic rings. The number of esters is 1. The molecule has 0 aromatic heterocycles. The van der Waals surface area contributed by atoms with Crippen LogP contribution in [0.2, 0.25) is 0 Å². The van der Waals surface area contributed by atoms with E-state index in [9.17, 15) is 4.79 Å². The minimum atomic E-state index is -0.423. The molecule has 5 rings (SSSR count). The van der Waals surface area contributed by atoms with Crippen LogP contribution >= 0.6 is 0 Å². The number of hydrogen-bond donors (Lipinski definition) is 0. The Bertz CT molecular complexity index is 1500. The number of rotatable bonds is 6. The van der Waals surface area contributed by atoms with Gasteiger partial charge in [-0.15, -0.1) is 0 Å². The van der Waals surface area contributed by atoms with Gasteiger partial charge in [0, 0.05) is 6.07 Å². The summed E-state index contributed by atoms with van der Waals surface area (Å²) in [6, 6.07) is 31.5. The van der Waals surface area contributed by atoms with E-state index < -0.39 is 5.97 Å². The predicted molar refractivity (Wildman–Crippen MR) is 135 cm³/mol. The Morgan fingerprint density at radius 3 is 1.79 bits per heavy atom. The van der Waals surface area contributed by atoms with Gasteiger partial charge in [-0.3, -0.25) is 0 Å². The molecule has 0 bridgehead atoms. The van der Waals surface area contributed by atoms with Crippen molar-refractivity contribution in [3.8, 4) is 23.0 Å². The van der Waals surface area contributed by atoms with Crippen LogP contribution in [0.3, 0.4) is 0 Å². The van der Waals surface area contributed by atoms with Crippen molar-refractivity contribution in [2.24, 2.45) is 0 Å². The summed E-state index contributed by atoms with van der Waals surface area (Å²) >= 11 is 0. The molecule has 4 heteroatoms. The lowest BCUT2D eigenvalue weighted by Gasteiger charge is -2.16. The lowest BCUT2D eigenvalue weighted by Crippen LogP contribution is -2.09. The molecular formula is C30H24O4. The number of aryl methyl sites for hydroxylation is 1. The molecule has 0 radical (unpaired) electrons. The molecule has 0 fully saturated rings. The van der Waals surface area contributed by atoms with Crippen LogP contribution in [0.1, 0.15) is 22.8 Å². The molecule has 0 aliphatic heterocycles. The van der Waals surface area contributed by atoms with Crippen LogP contribution in [0.4, 0.5) is 0 Å². The van der Waals surface area contributed by atoms with Crippen molar-refractivity contribution in [2.45, 2.75) is 13.8 Å². The Morgan fingerprint density at radius 2 is 1.21 bits per heavy atom. The zero-order chi connectivity index (χ0) is 23.5. The maximum atomic E-state index is 12.8. The standard InChI is InChI=1S/C30H24O4/c1-3-32-30(31)29-20(2)16-27(33-25-14-12-21-8-4-6-10-23(21)17-25)19-28(29)34-26-15-13-22-9-5-7-11-24(22)18-26/h4-19H,3H2,1-2H3. The summed E-state index contributed by atoms with van der Waals surface area (Å²) in [6.45, 7) is 3.92. The molecular weight excluding hydrogens is 424 g/mol. The fraction of sp³-hybridized carbons (Fsp3) is 0.100. The summed E-state index contributed by atoms with van der Waals surface area (Å²) in [5.74, 6) is 1.89. The minimum Gasteiger partial charge on any atom is -0.462 e. The van der Waals surface area contributed by atoms with Gasteiger partial charge in [0.15, 0.2) is 0 Å².